The number of hydrogen-bond acceptors (Lipinski definition) is 3. The second-order valence-corrected chi connectivity index (χ2v) is 6.40. The SMILES string of the molecule is CC(O)CN1CC(=O)c2cc3cc4ccccc4cc3cc2C1=O. The number of aliphatic hydroxyl groups is 1. The molecule has 0 fully saturated rings. The molecule has 0 saturated heterocycles. The van der Waals surface area contributed by atoms with E-state index < -0.39 is 6.10 Å². The number of ketones is 1. The first-order valence-electron chi connectivity index (χ1n) is 8.00. The maximum absolute atomic E-state index is 12.7. The molecule has 3 aromatic rings. The quantitative estimate of drug-likeness (QED) is 0.739. The van der Waals surface area contributed by atoms with E-state index in [1.165, 1.54) is 4.90 Å². The Kier molecular flexibility index (Phi) is 3.36. The van der Waals surface area contributed by atoms with Gasteiger partial charge in [-0.1, -0.05) is 24.3 Å². The van der Waals surface area contributed by atoms with Crippen molar-refractivity contribution in [1.82, 2.24) is 4.90 Å². The summed E-state index contributed by atoms with van der Waals surface area (Å²) in [7, 11) is 0. The maximum Gasteiger partial charge on any atom is 0.255 e. The van der Waals surface area contributed by atoms with Crippen molar-refractivity contribution in [3.05, 3.63) is 59.7 Å². The van der Waals surface area contributed by atoms with E-state index in [0.717, 1.165) is 21.5 Å². The van der Waals surface area contributed by atoms with E-state index in [1.807, 2.05) is 42.5 Å². The summed E-state index contributed by atoms with van der Waals surface area (Å²) >= 11 is 0. The zero-order chi connectivity index (χ0) is 16.8. The minimum Gasteiger partial charge on any atom is -0.392 e. The number of carbonyl (C=O) groups excluding carboxylic acids is 2. The molecule has 0 spiro atoms. The molecule has 0 radical (unpaired) electrons. The number of amides is 1. The highest BCUT2D eigenvalue weighted by molar-refractivity contribution is 6.16. The molecular formula is C20H17NO3. The average Bonchev–Trinajstić information content (AvgIpc) is 2.56. The van der Waals surface area contributed by atoms with E-state index >= 15 is 0 Å². The summed E-state index contributed by atoms with van der Waals surface area (Å²) in [5.74, 6) is -0.277. The molecule has 120 valence electrons. The molecule has 1 N–H and O–H groups in total. The van der Waals surface area contributed by atoms with Gasteiger partial charge in [-0.3, -0.25) is 9.59 Å². The minimum atomic E-state index is -0.660. The minimum absolute atomic E-state index is 0.0236. The number of benzene rings is 3. The zero-order valence-corrected chi connectivity index (χ0v) is 13.3. The molecule has 1 heterocycles. The fourth-order valence-electron chi connectivity index (χ4n) is 3.37. The molecule has 4 heteroatoms. The normalized spacial score (nSPS) is 15.8. The molecule has 4 rings (SSSR count). The number of carbonyl (C=O) groups is 2. The van der Waals surface area contributed by atoms with Crippen molar-refractivity contribution in [3.63, 3.8) is 0 Å². The van der Waals surface area contributed by atoms with Gasteiger partial charge in [-0.25, -0.2) is 0 Å². The van der Waals surface area contributed by atoms with Gasteiger partial charge in [0, 0.05) is 12.1 Å². The number of Topliss-reactive ketones (excluding diaryl/α,β-unsaturated/α-hetero) is 1. The highest BCUT2D eigenvalue weighted by Crippen LogP contribution is 2.29. The predicted molar refractivity (Wildman–Crippen MR) is 93.4 cm³/mol. The number of aliphatic hydroxyl groups excluding tert-OH is 1. The van der Waals surface area contributed by atoms with Crippen LogP contribution in [0.4, 0.5) is 0 Å². The zero-order valence-electron chi connectivity index (χ0n) is 13.3. The van der Waals surface area contributed by atoms with Gasteiger partial charge in [0.25, 0.3) is 5.91 Å². The molecule has 3 aromatic carbocycles. The lowest BCUT2D eigenvalue weighted by atomic mass is 9.92. The summed E-state index contributed by atoms with van der Waals surface area (Å²) in [6.07, 6.45) is -0.660. The van der Waals surface area contributed by atoms with Crippen molar-refractivity contribution in [3.8, 4) is 0 Å². The lowest BCUT2D eigenvalue weighted by Gasteiger charge is -2.28. The molecule has 0 bridgehead atoms. The summed E-state index contributed by atoms with van der Waals surface area (Å²) in [4.78, 5) is 26.5. The Labute approximate surface area is 139 Å². The van der Waals surface area contributed by atoms with Gasteiger partial charge in [-0.15, -0.1) is 0 Å². The third-order valence-corrected chi connectivity index (χ3v) is 4.48. The number of nitrogens with zero attached hydrogens (tertiary/aromatic N) is 1. The maximum atomic E-state index is 12.7. The topological polar surface area (TPSA) is 57.6 Å². The number of hydrogen-bond donors (Lipinski definition) is 1. The van der Waals surface area contributed by atoms with Crippen LogP contribution in [-0.2, 0) is 0 Å². The highest BCUT2D eigenvalue weighted by Gasteiger charge is 2.30. The Bertz CT molecular complexity index is 991. The van der Waals surface area contributed by atoms with Crippen LogP contribution in [0.2, 0.25) is 0 Å². The third kappa shape index (κ3) is 2.36. The number of rotatable bonds is 2. The standard InChI is InChI=1S/C20H17NO3/c1-12(22)10-21-11-19(23)17-8-15-6-13-4-2-3-5-14(13)7-16(15)9-18(17)20(21)24/h2-9,12,22H,10-11H2,1H3. The van der Waals surface area contributed by atoms with Crippen LogP contribution in [0.25, 0.3) is 21.5 Å². The van der Waals surface area contributed by atoms with Crippen LogP contribution in [0.15, 0.2) is 48.5 Å². The van der Waals surface area contributed by atoms with E-state index in [1.54, 1.807) is 13.0 Å². The smallest absolute Gasteiger partial charge is 0.255 e. The van der Waals surface area contributed by atoms with E-state index in [4.69, 9.17) is 0 Å². The van der Waals surface area contributed by atoms with Crippen LogP contribution in [0.1, 0.15) is 27.6 Å². The van der Waals surface area contributed by atoms with Gasteiger partial charge in [0.2, 0.25) is 0 Å². The average molecular weight is 319 g/mol. The van der Waals surface area contributed by atoms with E-state index in [9.17, 15) is 14.7 Å². The molecule has 1 aliphatic rings. The second kappa shape index (κ2) is 5.42. The molecular weight excluding hydrogens is 302 g/mol. The Balaban J connectivity index is 1.90. The first-order valence-corrected chi connectivity index (χ1v) is 8.00. The Morgan fingerprint density at radius 2 is 1.54 bits per heavy atom. The van der Waals surface area contributed by atoms with E-state index in [2.05, 4.69) is 0 Å². The van der Waals surface area contributed by atoms with Crippen LogP contribution >= 0.6 is 0 Å². The molecule has 1 amide bonds. The van der Waals surface area contributed by atoms with Gasteiger partial charge >= 0.3 is 0 Å². The van der Waals surface area contributed by atoms with Crippen LogP contribution in [0.5, 0.6) is 0 Å². The van der Waals surface area contributed by atoms with Crippen molar-refractivity contribution in [2.24, 2.45) is 0 Å². The molecule has 0 saturated carbocycles. The lowest BCUT2D eigenvalue weighted by Crippen LogP contribution is -2.44. The molecule has 1 aliphatic heterocycles. The number of β-amino-alcohol motifs (C(OH)–C–C–N with tert-alkyl or cyclic N) is 1. The Morgan fingerprint density at radius 1 is 0.958 bits per heavy atom. The van der Waals surface area contributed by atoms with Crippen molar-refractivity contribution in [1.29, 1.82) is 0 Å². The van der Waals surface area contributed by atoms with Crippen molar-refractivity contribution in [2.45, 2.75) is 13.0 Å². The lowest BCUT2D eigenvalue weighted by molar-refractivity contribution is 0.0587. The second-order valence-electron chi connectivity index (χ2n) is 6.40. The molecule has 1 unspecified atom stereocenters. The molecule has 24 heavy (non-hydrogen) atoms. The largest absolute Gasteiger partial charge is 0.392 e. The monoisotopic (exact) mass is 319 g/mol. The summed E-state index contributed by atoms with van der Waals surface area (Å²) in [5.41, 5.74) is 0.902. The predicted octanol–water partition coefficient (Wildman–Crippen LogP) is 3.01. The summed E-state index contributed by atoms with van der Waals surface area (Å²) < 4.78 is 0. The fraction of sp³-hybridized carbons (Fsp3) is 0.200. The van der Waals surface area contributed by atoms with Gasteiger partial charge in [0.15, 0.2) is 5.78 Å². The van der Waals surface area contributed by atoms with E-state index in [0.29, 0.717) is 11.1 Å². The van der Waals surface area contributed by atoms with Crippen molar-refractivity contribution < 1.29 is 14.7 Å². The highest BCUT2D eigenvalue weighted by atomic mass is 16.3. The summed E-state index contributed by atoms with van der Waals surface area (Å²) in [5, 5.41) is 13.6. The van der Waals surface area contributed by atoms with Gasteiger partial charge < -0.3 is 10.0 Å². The van der Waals surface area contributed by atoms with Gasteiger partial charge in [0.1, 0.15) is 0 Å². The third-order valence-electron chi connectivity index (χ3n) is 4.48. The molecule has 0 aliphatic carbocycles. The summed E-state index contributed by atoms with van der Waals surface area (Å²) in [6.45, 7) is 1.80. The van der Waals surface area contributed by atoms with Gasteiger partial charge in [-0.2, -0.15) is 0 Å². The fourth-order valence-corrected chi connectivity index (χ4v) is 3.37. The first kappa shape index (κ1) is 14.8. The van der Waals surface area contributed by atoms with Crippen LogP contribution in [0, 0.1) is 0 Å². The van der Waals surface area contributed by atoms with Gasteiger partial charge in [-0.05, 0) is 52.7 Å². The first-order chi connectivity index (χ1) is 11.5. The number of fused-ring (bicyclic) bond motifs is 3. The van der Waals surface area contributed by atoms with E-state index in [-0.39, 0.29) is 24.8 Å². The van der Waals surface area contributed by atoms with Crippen LogP contribution in [-0.4, -0.2) is 40.9 Å². The Hall–Kier alpha value is -2.72. The Morgan fingerprint density at radius 3 is 2.12 bits per heavy atom. The van der Waals surface area contributed by atoms with Gasteiger partial charge in [0.05, 0.1) is 18.2 Å². The van der Waals surface area contributed by atoms with Crippen molar-refractivity contribution in [2.75, 3.05) is 13.1 Å². The molecule has 4 nitrogen and oxygen atoms in total. The van der Waals surface area contributed by atoms with Crippen LogP contribution < -0.4 is 0 Å². The van der Waals surface area contributed by atoms with Crippen LogP contribution in [0.3, 0.4) is 0 Å². The summed E-state index contributed by atoms with van der Waals surface area (Å²) in [6, 6.07) is 15.7. The molecule has 1 atom stereocenters. The van der Waals surface area contributed by atoms with Crippen molar-refractivity contribution >= 4 is 33.2 Å². The molecule has 0 aromatic heterocycles.